The van der Waals surface area contributed by atoms with Gasteiger partial charge in [0, 0.05) is 15.6 Å². The van der Waals surface area contributed by atoms with Crippen LogP contribution in [-0.4, -0.2) is 11.9 Å². The Labute approximate surface area is 182 Å². The minimum Gasteiger partial charge on any atom is -0.489 e. The third kappa shape index (κ3) is 4.37. The van der Waals surface area contributed by atoms with Crippen LogP contribution in [0.5, 0.6) is 5.75 Å². The molecule has 0 amide bonds. The molecule has 0 aromatic heterocycles. The van der Waals surface area contributed by atoms with Crippen LogP contribution in [0.25, 0.3) is 6.08 Å². The summed E-state index contributed by atoms with van der Waals surface area (Å²) in [7, 11) is 0. The van der Waals surface area contributed by atoms with E-state index in [1.807, 2.05) is 0 Å². The Morgan fingerprint density at radius 2 is 1.67 bits per heavy atom. The smallest absolute Gasteiger partial charge is 0.363 e. The molecule has 1 aliphatic rings. The molecular formula is C23H14Cl2FNO3. The first kappa shape index (κ1) is 20.1. The van der Waals surface area contributed by atoms with Crippen molar-refractivity contribution in [2.24, 2.45) is 4.99 Å². The zero-order valence-electron chi connectivity index (χ0n) is 15.4. The number of hydrogen-bond acceptors (Lipinski definition) is 4. The number of hydrogen-bond donors (Lipinski definition) is 0. The number of aliphatic imine (C=N–C) groups is 1. The molecule has 7 heteroatoms. The van der Waals surface area contributed by atoms with E-state index in [4.69, 9.17) is 32.7 Å². The SMILES string of the molecule is O=C1OC(c2ccccc2F)=N/C1=C\c1ccc(OCc2c(Cl)cccc2Cl)cc1. The number of benzene rings is 3. The lowest BCUT2D eigenvalue weighted by Crippen LogP contribution is -2.07. The molecule has 0 radical (unpaired) electrons. The number of ether oxygens (including phenoxy) is 2. The molecule has 0 saturated heterocycles. The summed E-state index contributed by atoms with van der Waals surface area (Å²) in [6.07, 6.45) is 1.56. The van der Waals surface area contributed by atoms with Gasteiger partial charge in [0.2, 0.25) is 5.90 Å². The predicted molar refractivity (Wildman–Crippen MR) is 114 cm³/mol. The third-order valence-electron chi connectivity index (χ3n) is 4.35. The molecular weight excluding hydrogens is 428 g/mol. The number of rotatable bonds is 5. The summed E-state index contributed by atoms with van der Waals surface area (Å²) >= 11 is 12.3. The Morgan fingerprint density at radius 1 is 0.967 bits per heavy atom. The minimum atomic E-state index is -0.637. The molecule has 0 N–H and O–H groups in total. The number of esters is 1. The first-order valence-electron chi connectivity index (χ1n) is 8.94. The van der Waals surface area contributed by atoms with Crippen molar-refractivity contribution in [3.05, 3.63) is 105 Å². The maximum Gasteiger partial charge on any atom is 0.363 e. The highest BCUT2D eigenvalue weighted by Gasteiger charge is 2.25. The molecule has 30 heavy (non-hydrogen) atoms. The summed E-state index contributed by atoms with van der Waals surface area (Å²) < 4.78 is 24.7. The molecule has 1 aliphatic heterocycles. The Bertz CT molecular complexity index is 1150. The lowest BCUT2D eigenvalue weighted by molar-refractivity contribution is -0.129. The van der Waals surface area contributed by atoms with Crippen molar-refractivity contribution >= 4 is 41.1 Å². The fraction of sp³-hybridized carbons (Fsp3) is 0.0435. The Morgan fingerprint density at radius 3 is 2.37 bits per heavy atom. The van der Waals surface area contributed by atoms with Gasteiger partial charge in [0.1, 0.15) is 18.2 Å². The largest absolute Gasteiger partial charge is 0.489 e. The molecule has 4 rings (SSSR count). The number of nitrogens with zero attached hydrogens (tertiary/aromatic N) is 1. The third-order valence-corrected chi connectivity index (χ3v) is 5.06. The van der Waals surface area contributed by atoms with Gasteiger partial charge in [-0.15, -0.1) is 0 Å². The van der Waals surface area contributed by atoms with E-state index in [-0.39, 0.29) is 23.8 Å². The van der Waals surface area contributed by atoms with E-state index in [0.717, 1.165) is 0 Å². The summed E-state index contributed by atoms with van der Waals surface area (Å²) in [5.41, 5.74) is 1.64. The Hall–Kier alpha value is -3.15. The van der Waals surface area contributed by atoms with E-state index in [2.05, 4.69) is 4.99 Å². The second-order valence-electron chi connectivity index (χ2n) is 6.37. The highest BCUT2D eigenvalue weighted by atomic mass is 35.5. The van der Waals surface area contributed by atoms with Gasteiger partial charge in [-0.2, -0.15) is 0 Å². The topological polar surface area (TPSA) is 47.9 Å². The Kier molecular flexibility index (Phi) is 5.84. The van der Waals surface area contributed by atoms with Crippen molar-refractivity contribution in [1.29, 1.82) is 0 Å². The average molecular weight is 442 g/mol. The summed E-state index contributed by atoms with van der Waals surface area (Å²) in [4.78, 5) is 16.2. The predicted octanol–water partition coefficient (Wildman–Crippen LogP) is 6.06. The molecule has 3 aromatic rings. The number of carbonyl (C=O) groups is 1. The van der Waals surface area contributed by atoms with Gasteiger partial charge in [0.05, 0.1) is 5.56 Å². The number of cyclic esters (lactones) is 1. The second kappa shape index (κ2) is 8.69. The van der Waals surface area contributed by atoms with Crippen LogP contribution >= 0.6 is 23.2 Å². The van der Waals surface area contributed by atoms with Crippen molar-refractivity contribution in [2.45, 2.75) is 6.61 Å². The summed E-state index contributed by atoms with van der Waals surface area (Å²) in [5, 5.41) is 1.07. The second-order valence-corrected chi connectivity index (χ2v) is 7.19. The first-order chi connectivity index (χ1) is 14.5. The van der Waals surface area contributed by atoms with Crippen molar-refractivity contribution in [2.75, 3.05) is 0 Å². The van der Waals surface area contributed by atoms with E-state index in [9.17, 15) is 9.18 Å². The van der Waals surface area contributed by atoms with Crippen LogP contribution in [0.2, 0.25) is 10.0 Å². The molecule has 0 saturated carbocycles. The lowest BCUT2D eigenvalue weighted by Gasteiger charge is -2.09. The highest BCUT2D eigenvalue weighted by molar-refractivity contribution is 6.35. The van der Waals surface area contributed by atoms with E-state index in [1.54, 1.807) is 60.7 Å². The summed E-state index contributed by atoms with van der Waals surface area (Å²) in [5.74, 6) is -0.592. The van der Waals surface area contributed by atoms with Crippen LogP contribution in [0, 0.1) is 5.82 Å². The molecule has 1 heterocycles. The van der Waals surface area contributed by atoms with Crippen LogP contribution in [-0.2, 0) is 16.1 Å². The molecule has 0 atom stereocenters. The van der Waals surface area contributed by atoms with Crippen molar-refractivity contribution < 1.29 is 18.7 Å². The van der Waals surface area contributed by atoms with Gasteiger partial charge in [0.15, 0.2) is 5.70 Å². The molecule has 0 aliphatic carbocycles. The van der Waals surface area contributed by atoms with Gasteiger partial charge >= 0.3 is 5.97 Å². The van der Waals surface area contributed by atoms with Gasteiger partial charge in [0.25, 0.3) is 0 Å². The quantitative estimate of drug-likeness (QED) is 0.357. The number of carbonyl (C=O) groups excluding carboxylic acids is 1. The highest BCUT2D eigenvalue weighted by Crippen LogP contribution is 2.26. The van der Waals surface area contributed by atoms with Gasteiger partial charge in [-0.1, -0.05) is 53.5 Å². The fourth-order valence-electron chi connectivity index (χ4n) is 2.80. The zero-order chi connectivity index (χ0) is 21.1. The first-order valence-corrected chi connectivity index (χ1v) is 9.70. The van der Waals surface area contributed by atoms with Crippen LogP contribution < -0.4 is 4.74 Å². The van der Waals surface area contributed by atoms with Gasteiger partial charge in [-0.3, -0.25) is 0 Å². The van der Waals surface area contributed by atoms with Crippen molar-refractivity contribution in [3.63, 3.8) is 0 Å². The summed E-state index contributed by atoms with van der Waals surface area (Å²) in [6, 6.07) is 18.3. The van der Waals surface area contributed by atoms with E-state index in [0.29, 0.717) is 26.9 Å². The maximum absolute atomic E-state index is 13.9. The maximum atomic E-state index is 13.9. The fourth-order valence-corrected chi connectivity index (χ4v) is 3.31. The van der Waals surface area contributed by atoms with Gasteiger partial charge < -0.3 is 9.47 Å². The van der Waals surface area contributed by atoms with Crippen LogP contribution in [0.1, 0.15) is 16.7 Å². The molecule has 0 spiro atoms. The molecule has 150 valence electrons. The van der Waals surface area contributed by atoms with Crippen molar-refractivity contribution in [3.8, 4) is 5.75 Å². The van der Waals surface area contributed by atoms with Crippen molar-refractivity contribution in [1.82, 2.24) is 0 Å². The zero-order valence-corrected chi connectivity index (χ0v) is 17.0. The Balaban J connectivity index is 1.48. The van der Waals surface area contributed by atoms with Crippen LogP contribution in [0.3, 0.4) is 0 Å². The molecule has 4 nitrogen and oxygen atoms in total. The average Bonchev–Trinajstić information content (AvgIpc) is 3.09. The molecule has 0 fully saturated rings. The lowest BCUT2D eigenvalue weighted by atomic mass is 10.2. The minimum absolute atomic E-state index is 0.0547. The monoisotopic (exact) mass is 441 g/mol. The normalized spacial score (nSPS) is 14.6. The van der Waals surface area contributed by atoms with E-state index < -0.39 is 11.8 Å². The molecule has 0 unspecified atom stereocenters. The van der Waals surface area contributed by atoms with E-state index >= 15 is 0 Å². The summed E-state index contributed by atoms with van der Waals surface area (Å²) in [6.45, 7) is 0.224. The van der Waals surface area contributed by atoms with Crippen LogP contribution in [0.4, 0.5) is 4.39 Å². The molecule has 0 bridgehead atoms. The van der Waals surface area contributed by atoms with Gasteiger partial charge in [-0.25, -0.2) is 14.2 Å². The molecule has 3 aromatic carbocycles. The standard InChI is InChI=1S/C23H14Cl2FNO3/c24-18-5-3-6-19(25)17(18)13-29-15-10-8-14(9-11-15)12-21-23(28)30-22(27-21)16-4-1-2-7-20(16)26/h1-12H,13H2/b21-12-. The van der Waals surface area contributed by atoms with E-state index in [1.165, 1.54) is 12.1 Å². The van der Waals surface area contributed by atoms with Crippen LogP contribution in [0.15, 0.2) is 77.4 Å². The van der Waals surface area contributed by atoms with Gasteiger partial charge in [-0.05, 0) is 48.0 Å². The number of halogens is 3.